The first-order valence-electron chi connectivity index (χ1n) is 5.96. The van der Waals surface area contributed by atoms with Crippen LogP contribution in [0.3, 0.4) is 0 Å². The summed E-state index contributed by atoms with van der Waals surface area (Å²) < 4.78 is 26.1. The summed E-state index contributed by atoms with van der Waals surface area (Å²) >= 11 is 0. The van der Waals surface area contributed by atoms with Gasteiger partial charge in [-0.15, -0.1) is 0 Å². The molecule has 0 fully saturated rings. The Labute approximate surface area is 113 Å². The lowest BCUT2D eigenvalue weighted by molar-refractivity contribution is 0.102. The molecule has 2 aromatic carbocycles. The van der Waals surface area contributed by atoms with Crippen molar-refractivity contribution in [3.8, 4) is 0 Å². The van der Waals surface area contributed by atoms with Gasteiger partial charge in [-0.1, -0.05) is 0 Å². The van der Waals surface area contributed by atoms with Crippen LogP contribution < -0.4 is 5.32 Å². The minimum atomic E-state index is -0.735. The first-order chi connectivity index (χ1) is 9.61. The van der Waals surface area contributed by atoms with E-state index in [2.05, 4.69) is 10.3 Å². The van der Waals surface area contributed by atoms with Gasteiger partial charge in [-0.3, -0.25) is 4.79 Å². The van der Waals surface area contributed by atoms with Crippen LogP contribution in [0.15, 0.2) is 48.7 Å². The Kier molecular flexibility index (Phi) is 2.95. The number of aromatic amines is 1. The lowest BCUT2D eigenvalue weighted by Crippen LogP contribution is -2.12. The van der Waals surface area contributed by atoms with Gasteiger partial charge in [0.2, 0.25) is 0 Å². The Balaban J connectivity index is 1.88. The Hall–Kier alpha value is -2.69. The zero-order valence-corrected chi connectivity index (χ0v) is 10.3. The second kappa shape index (κ2) is 4.77. The van der Waals surface area contributed by atoms with E-state index >= 15 is 0 Å². The number of amides is 1. The summed E-state index contributed by atoms with van der Waals surface area (Å²) in [5.41, 5.74) is 1.42. The number of rotatable bonds is 2. The molecular formula is C15H10F2N2O. The third kappa shape index (κ3) is 2.38. The Morgan fingerprint density at radius 1 is 1.00 bits per heavy atom. The topological polar surface area (TPSA) is 44.9 Å². The Morgan fingerprint density at radius 2 is 1.75 bits per heavy atom. The van der Waals surface area contributed by atoms with Crippen molar-refractivity contribution in [2.45, 2.75) is 0 Å². The summed E-state index contributed by atoms with van der Waals surface area (Å²) in [7, 11) is 0. The van der Waals surface area contributed by atoms with Crippen LogP contribution in [0.25, 0.3) is 10.9 Å². The summed E-state index contributed by atoms with van der Waals surface area (Å²) in [6, 6.07) is 9.85. The molecule has 0 radical (unpaired) electrons. The monoisotopic (exact) mass is 272 g/mol. The van der Waals surface area contributed by atoms with E-state index in [4.69, 9.17) is 0 Å². The van der Waals surface area contributed by atoms with Crippen LogP contribution in [0.4, 0.5) is 14.5 Å². The molecule has 0 aliphatic carbocycles. The maximum absolute atomic E-state index is 13.1. The fraction of sp³-hybridized carbons (Fsp3) is 0. The summed E-state index contributed by atoms with van der Waals surface area (Å²) in [4.78, 5) is 15.1. The lowest BCUT2D eigenvalue weighted by atomic mass is 10.1. The molecule has 1 amide bonds. The average Bonchev–Trinajstić information content (AvgIpc) is 2.84. The molecule has 0 atom stereocenters. The molecule has 3 rings (SSSR count). The van der Waals surface area contributed by atoms with Crippen LogP contribution in [0, 0.1) is 11.6 Å². The molecular weight excluding hydrogens is 262 g/mol. The summed E-state index contributed by atoms with van der Waals surface area (Å²) in [5, 5.41) is 3.36. The number of nitrogens with one attached hydrogen (secondary N) is 2. The van der Waals surface area contributed by atoms with Crippen molar-refractivity contribution in [2.24, 2.45) is 0 Å². The van der Waals surface area contributed by atoms with Crippen molar-refractivity contribution in [2.75, 3.05) is 5.32 Å². The third-order valence-corrected chi connectivity index (χ3v) is 2.94. The highest BCUT2D eigenvalue weighted by Crippen LogP contribution is 2.17. The highest BCUT2D eigenvalue weighted by Gasteiger charge is 2.09. The SMILES string of the molecule is O=C(Nc1cc(F)cc(F)c1)c1ccc2[nH]ccc2c1. The molecule has 0 saturated heterocycles. The third-order valence-electron chi connectivity index (χ3n) is 2.94. The van der Waals surface area contributed by atoms with Crippen molar-refractivity contribution in [1.29, 1.82) is 0 Å². The summed E-state index contributed by atoms with van der Waals surface area (Å²) in [6.07, 6.45) is 1.77. The molecule has 2 N–H and O–H groups in total. The molecule has 0 unspecified atom stereocenters. The number of halogens is 2. The van der Waals surface area contributed by atoms with Gasteiger partial charge in [0.25, 0.3) is 5.91 Å². The van der Waals surface area contributed by atoms with Gasteiger partial charge >= 0.3 is 0 Å². The first kappa shape index (κ1) is 12.3. The highest BCUT2D eigenvalue weighted by atomic mass is 19.1. The second-order valence-corrected chi connectivity index (χ2v) is 4.39. The van der Waals surface area contributed by atoms with Gasteiger partial charge in [-0.25, -0.2) is 8.78 Å². The Morgan fingerprint density at radius 3 is 2.50 bits per heavy atom. The van der Waals surface area contributed by atoms with Crippen LogP contribution in [0.5, 0.6) is 0 Å². The van der Waals surface area contributed by atoms with E-state index in [0.29, 0.717) is 5.56 Å². The predicted octanol–water partition coefficient (Wildman–Crippen LogP) is 3.70. The van der Waals surface area contributed by atoms with Gasteiger partial charge < -0.3 is 10.3 Å². The number of anilines is 1. The van der Waals surface area contributed by atoms with Crippen molar-refractivity contribution in [3.05, 3.63) is 65.9 Å². The molecule has 0 aliphatic heterocycles. The quantitative estimate of drug-likeness (QED) is 0.734. The van der Waals surface area contributed by atoms with Crippen LogP contribution in [0.1, 0.15) is 10.4 Å². The van der Waals surface area contributed by atoms with Gasteiger partial charge in [0.1, 0.15) is 11.6 Å². The van der Waals surface area contributed by atoms with E-state index in [0.717, 1.165) is 29.1 Å². The maximum Gasteiger partial charge on any atom is 0.255 e. The van der Waals surface area contributed by atoms with Gasteiger partial charge in [0.15, 0.2) is 0 Å². The fourth-order valence-electron chi connectivity index (χ4n) is 2.02. The zero-order valence-electron chi connectivity index (χ0n) is 10.3. The Bertz CT molecular complexity index is 775. The average molecular weight is 272 g/mol. The minimum Gasteiger partial charge on any atom is -0.361 e. The van der Waals surface area contributed by atoms with E-state index in [1.807, 2.05) is 6.07 Å². The van der Waals surface area contributed by atoms with E-state index < -0.39 is 17.5 Å². The van der Waals surface area contributed by atoms with Crippen LogP contribution in [-0.2, 0) is 0 Å². The molecule has 3 nitrogen and oxygen atoms in total. The second-order valence-electron chi connectivity index (χ2n) is 4.39. The fourth-order valence-corrected chi connectivity index (χ4v) is 2.02. The maximum atomic E-state index is 13.1. The van der Waals surface area contributed by atoms with Crippen molar-refractivity contribution in [3.63, 3.8) is 0 Å². The number of hydrogen-bond donors (Lipinski definition) is 2. The number of aromatic nitrogens is 1. The van der Waals surface area contributed by atoms with E-state index in [-0.39, 0.29) is 5.69 Å². The van der Waals surface area contributed by atoms with Gasteiger partial charge in [0, 0.05) is 34.4 Å². The standard InChI is InChI=1S/C15H10F2N2O/c16-11-6-12(17)8-13(7-11)19-15(20)10-1-2-14-9(5-10)3-4-18-14/h1-8,18H,(H,19,20). The molecule has 0 bridgehead atoms. The van der Waals surface area contributed by atoms with Gasteiger partial charge in [-0.05, 0) is 36.4 Å². The van der Waals surface area contributed by atoms with Gasteiger partial charge in [-0.2, -0.15) is 0 Å². The lowest BCUT2D eigenvalue weighted by Gasteiger charge is -2.06. The molecule has 100 valence electrons. The number of H-pyrrole nitrogens is 1. The molecule has 0 spiro atoms. The molecule has 0 aliphatic rings. The van der Waals surface area contributed by atoms with Gasteiger partial charge in [0.05, 0.1) is 0 Å². The number of benzene rings is 2. The van der Waals surface area contributed by atoms with Crippen LogP contribution in [0.2, 0.25) is 0 Å². The van der Waals surface area contributed by atoms with Crippen molar-refractivity contribution < 1.29 is 13.6 Å². The molecule has 0 saturated carbocycles. The molecule has 3 aromatic rings. The summed E-state index contributed by atoms with van der Waals surface area (Å²) in [6.45, 7) is 0. The predicted molar refractivity (Wildman–Crippen MR) is 72.6 cm³/mol. The first-order valence-corrected chi connectivity index (χ1v) is 5.96. The number of carbonyl (C=O) groups excluding carboxylic acids is 1. The minimum absolute atomic E-state index is 0.0849. The van der Waals surface area contributed by atoms with E-state index in [9.17, 15) is 13.6 Å². The molecule has 1 heterocycles. The van der Waals surface area contributed by atoms with E-state index in [1.165, 1.54) is 0 Å². The van der Waals surface area contributed by atoms with Crippen LogP contribution >= 0.6 is 0 Å². The number of fused-ring (bicyclic) bond motifs is 1. The normalized spacial score (nSPS) is 10.7. The largest absolute Gasteiger partial charge is 0.361 e. The molecule has 20 heavy (non-hydrogen) atoms. The molecule has 5 heteroatoms. The number of hydrogen-bond acceptors (Lipinski definition) is 1. The smallest absolute Gasteiger partial charge is 0.255 e. The van der Waals surface area contributed by atoms with E-state index in [1.54, 1.807) is 24.4 Å². The number of carbonyl (C=O) groups is 1. The zero-order chi connectivity index (χ0) is 14.1. The van der Waals surface area contributed by atoms with Crippen molar-refractivity contribution >= 4 is 22.5 Å². The molecule has 1 aromatic heterocycles. The van der Waals surface area contributed by atoms with Crippen molar-refractivity contribution in [1.82, 2.24) is 4.98 Å². The summed E-state index contributed by atoms with van der Waals surface area (Å²) in [5.74, 6) is -1.89. The highest BCUT2D eigenvalue weighted by molar-refractivity contribution is 6.06. The van der Waals surface area contributed by atoms with Crippen LogP contribution in [-0.4, -0.2) is 10.9 Å².